The van der Waals surface area contributed by atoms with Crippen LogP contribution in [0.2, 0.25) is 0 Å². The van der Waals surface area contributed by atoms with Crippen LogP contribution in [0.5, 0.6) is 51.7 Å². The van der Waals surface area contributed by atoms with E-state index in [-0.39, 0.29) is 0 Å². The van der Waals surface area contributed by atoms with Crippen molar-refractivity contribution in [3.8, 4) is 51.7 Å². The molecule has 0 fully saturated rings. The Kier molecular flexibility index (Phi) is 17.1. The molecule has 422 valence electrons. The smallest absolute Gasteiger partial charge is 0.161 e. The zero-order valence-corrected chi connectivity index (χ0v) is 47.2. The van der Waals surface area contributed by atoms with Crippen molar-refractivity contribution >= 4 is 32.3 Å². The van der Waals surface area contributed by atoms with E-state index in [0.29, 0.717) is 93.4 Å². The highest BCUT2D eigenvalue weighted by molar-refractivity contribution is 5.86. The Morgan fingerprint density at radius 1 is 0.317 bits per heavy atom. The summed E-state index contributed by atoms with van der Waals surface area (Å²) in [5.41, 5.74) is 10.2. The predicted octanol–water partition coefficient (Wildman–Crippen LogP) is 11.2. The first kappa shape index (κ1) is 54.4. The average Bonchev–Trinajstić information content (AvgIpc) is 3.73. The van der Waals surface area contributed by atoms with Crippen LogP contribution in [-0.4, -0.2) is 105 Å². The summed E-state index contributed by atoms with van der Waals surface area (Å²) in [6, 6.07) is 51.5. The van der Waals surface area contributed by atoms with Gasteiger partial charge in [-0.2, -0.15) is 0 Å². The van der Waals surface area contributed by atoms with Crippen LogP contribution in [0.25, 0.3) is 32.3 Å². The van der Waals surface area contributed by atoms with Crippen LogP contribution >= 0.6 is 0 Å². The zero-order valence-electron chi connectivity index (χ0n) is 47.2. The van der Waals surface area contributed by atoms with Gasteiger partial charge in [-0.15, -0.1) is 0 Å². The third-order valence-electron chi connectivity index (χ3n) is 15.9. The number of hydrogen-bond acceptors (Lipinski definition) is 13. The van der Waals surface area contributed by atoms with E-state index in [4.69, 9.17) is 42.6 Å². The van der Waals surface area contributed by atoms with Gasteiger partial charge in [0, 0.05) is 58.9 Å². The second-order valence-electron chi connectivity index (χ2n) is 21.3. The lowest BCUT2D eigenvalue weighted by molar-refractivity contribution is 0.211. The van der Waals surface area contributed by atoms with Crippen LogP contribution in [0.3, 0.4) is 0 Å². The molecule has 6 heterocycles. The molecular formula is C69H72N4O9. The van der Waals surface area contributed by atoms with Crippen molar-refractivity contribution in [1.29, 1.82) is 0 Å². The second kappa shape index (κ2) is 25.7. The first-order chi connectivity index (χ1) is 40.4. The van der Waals surface area contributed by atoms with E-state index in [1.54, 1.807) is 21.3 Å². The number of rotatable bonds is 3. The van der Waals surface area contributed by atoms with Crippen molar-refractivity contribution in [2.75, 3.05) is 100 Å². The van der Waals surface area contributed by atoms with Gasteiger partial charge in [0.05, 0.1) is 21.3 Å². The summed E-state index contributed by atoms with van der Waals surface area (Å²) < 4.78 is 57.0. The summed E-state index contributed by atoms with van der Waals surface area (Å²) in [4.78, 5) is 2.54. The molecule has 0 unspecified atom stereocenters. The molecule has 0 amide bonds. The molecule has 9 aromatic carbocycles. The molecular weight excluding hydrogens is 1030 g/mol. The maximum absolute atomic E-state index is 6.56. The Morgan fingerprint density at radius 2 is 0.610 bits per heavy atom. The molecule has 1 aliphatic carbocycles. The Labute approximate surface area is 480 Å². The maximum atomic E-state index is 6.56. The van der Waals surface area contributed by atoms with Gasteiger partial charge in [-0.25, -0.2) is 0 Å². The van der Waals surface area contributed by atoms with Crippen LogP contribution in [0.1, 0.15) is 50.1 Å². The summed E-state index contributed by atoms with van der Waals surface area (Å²) in [5, 5.41) is 18.1. The number of methoxy groups -OCH3 is 3. The topological polar surface area (TPSA) is 122 Å². The Bertz CT molecular complexity index is 3340. The molecule has 0 aromatic heterocycles. The SMILES string of the molecule is COc1cc2c3cc1OCCOc1ccc4ccc(cc4c1)CNCCN1CCNCc4ccc5ccc(cc5c4)OCCOc4cc(c(cc4OC)C3)Cc3cc(OC)c(cc3C2)OCCOc2ccc3ccc(cc3c2)CNCC1. The summed E-state index contributed by atoms with van der Waals surface area (Å²) in [5.74, 6) is 6.22. The zero-order chi connectivity index (χ0) is 55.6. The fourth-order valence-corrected chi connectivity index (χ4v) is 11.5. The molecule has 6 aliphatic heterocycles. The number of nitrogens with one attached hydrogen (secondary N) is 3. The lowest BCUT2D eigenvalue weighted by Gasteiger charge is -2.23. The maximum Gasteiger partial charge on any atom is 0.161 e. The van der Waals surface area contributed by atoms with Crippen molar-refractivity contribution in [2.45, 2.75) is 38.9 Å². The third-order valence-corrected chi connectivity index (χ3v) is 15.9. The molecule has 19 bridgehead atoms. The van der Waals surface area contributed by atoms with E-state index in [1.807, 2.05) is 18.2 Å². The highest BCUT2D eigenvalue weighted by atomic mass is 16.6. The lowest BCUT2D eigenvalue weighted by atomic mass is 9.94. The highest BCUT2D eigenvalue weighted by Gasteiger charge is 2.23. The number of benzene rings is 9. The molecule has 13 heteroatoms. The molecule has 0 radical (unpaired) electrons. The number of hydrogen-bond donors (Lipinski definition) is 3. The van der Waals surface area contributed by atoms with Crippen molar-refractivity contribution in [2.24, 2.45) is 0 Å². The van der Waals surface area contributed by atoms with Crippen LogP contribution in [0, 0.1) is 0 Å². The van der Waals surface area contributed by atoms with Crippen LogP contribution < -0.4 is 58.6 Å². The summed E-state index contributed by atoms with van der Waals surface area (Å²) in [7, 11) is 5.07. The minimum Gasteiger partial charge on any atom is -0.493 e. The minimum absolute atomic E-state index is 0.311. The number of fused-ring (bicyclic) bond motifs is 3. The quantitative estimate of drug-likeness (QED) is 0.156. The van der Waals surface area contributed by atoms with Gasteiger partial charge < -0.3 is 58.6 Å². The summed E-state index contributed by atoms with van der Waals surface area (Å²) in [6.07, 6.45) is 1.81. The first-order valence-corrected chi connectivity index (χ1v) is 28.7. The molecule has 13 nitrogen and oxygen atoms in total. The predicted molar refractivity (Wildman–Crippen MR) is 324 cm³/mol. The Hall–Kier alpha value is -8.20. The van der Waals surface area contributed by atoms with Crippen LogP contribution in [0.15, 0.2) is 146 Å². The van der Waals surface area contributed by atoms with Gasteiger partial charge in [-0.05, 0) is 193 Å². The lowest BCUT2D eigenvalue weighted by Crippen LogP contribution is -2.40. The number of ether oxygens (including phenoxy) is 9. The van der Waals surface area contributed by atoms with Gasteiger partial charge in [0.25, 0.3) is 0 Å². The van der Waals surface area contributed by atoms with Gasteiger partial charge in [0.2, 0.25) is 0 Å². The standard InChI is InChI=1S/C69H72N4O9/c1-74-64-37-55-31-59-41-68-66(76-3)39-57(59)33-60-42-69-65(75-2)38-56(60)32-58(55)40-67(64)80-25-22-77-61-13-10-49-7-4-46(28-52(49)34-61)43-70-16-19-73(20-17-71-44-47-5-8-50-11-14-62(35-53(50)29-47)78-23-26-81-68)21-18-72-45-48-6-9-51-12-15-63(36-54(51)30-48)79-24-27-82-69/h4-15,28-30,34-42,70-72H,16-27,31-33,43-45H2,1-3H3. The first-order valence-electron chi connectivity index (χ1n) is 28.7. The molecule has 9 aromatic rings. The molecule has 82 heavy (non-hydrogen) atoms. The molecule has 0 atom stereocenters. The van der Waals surface area contributed by atoms with Crippen LogP contribution in [0.4, 0.5) is 0 Å². The van der Waals surface area contributed by atoms with E-state index >= 15 is 0 Å². The highest BCUT2D eigenvalue weighted by Crippen LogP contribution is 2.41. The molecule has 3 N–H and O–H groups in total. The van der Waals surface area contributed by atoms with E-state index in [1.165, 1.54) is 16.7 Å². The fraction of sp³-hybridized carbons (Fsp3) is 0.304. The molecule has 0 spiro atoms. The van der Waals surface area contributed by atoms with Crippen molar-refractivity contribution in [1.82, 2.24) is 20.9 Å². The normalized spacial score (nSPS) is 16.0. The Morgan fingerprint density at radius 3 is 0.927 bits per heavy atom. The third kappa shape index (κ3) is 13.1. The molecule has 7 aliphatic rings. The van der Waals surface area contributed by atoms with Crippen molar-refractivity contribution in [3.05, 3.63) is 196 Å². The van der Waals surface area contributed by atoms with Gasteiger partial charge in [0.1, 0.15) is 56.9 Å². The van der Waals surface area contributed by atoms with E-state index in [9.17, 15) is 0 Å². The Balaban J connectivity index is 0.915. The fourth-order valence-electron chi connectivity index (χ4n) is 11.5. The molecule has 0 saturated carbocycles. The van der Waals surface area contributed by atoms with Crippen LogP contribution in [-0.2, 0) is 38.9 Å². The molecule has 0 saturated heterocycles. The van der Waals surface area contributed by atoms with Crippen molar-refractivity contribution in [3.63, 3.8) is 0 Å². The second-order valence-corrected chi connectivity index (χ2v) is 21.3. The monoisotopic (exact) mass is 1100 g/mol. The van der Waals surface area contributed by atoms with Gasteiger partial charge in [-0.1, -0.05) is 54.6 Å². The van der Waals surface area contributed by atoms with E-state index < -0.39 is 0 Å². The number of nitrogens with zero attached hydrogens (tertiary/aromatic N) is 1. The van der Waals surface area contributed by atoms with Gasteiger partial charge in [-0.3, -0.25) is 4.90 Å². The van der Waals surface area contributed by atoms with Gasteiger partial charge in [0.15, 0.2) is 34.5 Å². The molecule has 16 rings (SSSR count). The largest absolute Gasteiger partial charge is 0.493 e. The van der Waals surface area contributed by atoms with E-state index in [0.717, 1.165) is 142 Å². The summed E-state index contributed by atoms with van der Waals surface area (Å²) in [6.45, 7) is 9.51. The van der Waals surface area contributed by atoms with Gasteiger partial charge >= 0.3 is 0 Å². The summed E-state index contributed by atoms with van der Waals surface area (Å²) >= 11 is 0. The van der Waals surface area contributed by atoms with E-state index in [2.05, 4.69) is 148 Å². The van der Waals surface area contributed by atoms with Crippen molar-refractivity contribution < 1.29 is 42.6 Å². The average molecular weight is 1100 g/mol. The minimum atomic E-state index is 0.311.